The summed E-state index contributed by atoms with van der Waals surface area (Å²) in [5, 5.41) is 12.4. The molecule has 3 nitrogen and oxygen atoms in total. The molecule has 0 bridgehead atoms. The molecule has 0 radical (unpaired) electrons. The van der Waals surface area contributed by atoms with Crippen LogP contribution in [-0.2, 0) is 6.54 Å². The first-order valence-corrected chi connectivity index (χ1v) is 6.90. The Kier molecular flexibility index (Phi) is 4.86. The molecule has 0 aliphatic carbocycles. The molecule has 0 atom stereocenters. The van der Waals surface area contributed by atoms with Crippen LogP contribution in [0.2, 0.25) is 0 Å². The van der Waals surface area contributed by atoms with E-state index >= 15 is 0 Å². The average molecular weight is 265 g/mol. The fraction of sp³-hybridized carbons (Fsp3) is 0.294. The first kappa shape index (κ1) is 14.2. The van der Waals surface area contributed by atoms with Crippen molar-refractivity contribution < 1.29 is 0 Å². The summed E-state index contributed by atoms with van der Waals surface area (Å²) in [5.41, 5.74) is 5.18. The van der Waals surface area contributed by atoms with E-state index < -0.39 is 0 Å². The summed E-state index contributed by atoms with van der Waals surface area (Å²) in [6.07, 6.45) is 4.53. The van der Waals surface area contributed by atoms with Gasteiger partial charge < -0.3 is 5.32 Å². The van der Waals surface area contributed by atoms with Gasteiger partial charge in [-0.1, -0.05) is 19.1 Å². The van der Waals surface area contributed by atoms with Crippen molar-refractivity contribution in [1.29, 1.82) is 5.26 Å². The van der Waals surface area contributed by atoms with E-state index in [0.717, 1.165) is 30.6 Å². The predicted octanol–water partition coefficient (Wildman–Crippen LogP) is 3.43. The van der Waals surface area contributed by atoms with Crippen LogP contribution in [0.1, 0.15) is 30.0 Å². The van der Waals surface area contributed by atoms with E-state index in [4.69, 9.17) is 5.26 Å². The second-order valence-corrected chi connectivity index (χ2v) is 4.90. The van der Waals surface area contributed by atoms with Crippen molar-refractivity contribution in [3.8, 4) is 17.2 Å². The molecule has 0 amide bonds. The van der Waals surface area contributed by atoms with Crippen molar-refractivity contribution in [2.24, 2.45) is 0 Å². The molecule has 0 saturated carbocycles. The van der Waals surface area contributed by atoms with Gasteiger partial charge >= 0.3 is 0 Å². The molecule has 0 saturated heterocycles. The fourth-order valence-corrected chi connectivity index (χ4v) is 2.15. The highest BCUT2D eigenvalue weighted by molar-refractivity contribution is 5.68. The van der Waals surface area contributed by atoms with Gasteiger partial charge in [0.2, 0.25) is 0 Å². The summed E-state index contributed by atoms with van der Waals surface area (Å²) in [6.45, 7) is 6.13. The minimum absolute atomic E-state index is 0.594. The van der Waals surface area contributed by atoms with Gasteiger partial charge in [0.05, 0.1) is 5.56 Å². The highest BCUT2D eigenvalue weighted by Crippen LogP contribution is 2.24. The molecule has 0 aliphatic heterocycles. The van der Waals surface area contributed by atoms with Gasteiger partial charge in [-0.15, -0.1) is 0 Å². The van der Waals surface area contributed by atoms with Crippen LogP contribution >= 0.6 is 0 Å². The standard InChI is InChI=1S/C17H19N3/c1-3-6-19-10-14-5-4-13(2)17(8-14)16-7-15(9-18)11-20-12-16/h4-5,7-8,11-12,19H,3,6,10H2,1-2H3. The van der Waals surface area contributed by atoms with Crippen LogP contribution in [0.5, 0.6) is 0 Å². The van der Waals surface area contributed by atoms with Crippen molar-refractivity contribution >= 4 is 0 Å². The van der Waals surface area contributed by atoms with Crippen molar-refractivity contribution in [3.05, 3.63) is 53.3 Å². The molecule has 0 unspecified atom stereocenters. The molecule has 2 rings (SSSR count). The zero-order valence-electron chi connectivity index (χ0n) is 12.0. The second kappa shape index (κ2) is 6.83. The minimum atomic E-state index is 0.594. The largest absolute Gasteiger partial charge is 0.313 e. The van der Waals surface area contributed by atoms with Gasteiger partial charge in [0.25, 0.3) is 0 Å². The maximum Gasteiger partial charge on any atom is 0.101 e. The highest BCUT2D eigenvalue weighted by atomic mass is 14.8. The second-order valence-electron chi connectivity index (χ2n) is 4.90. The molecule has 20 heavy (non-hydrogen) atoms. The summed E-state index contributed by atoms with van der Waals surface area (Å²) >= 11 is 0. The number of pyridine rings is 1. The number of hydrogen-bond donors (Lipinski definition) is 1. The zero-order chi connectivity index (χ0) is 14.4. The van der Waals surface area contributed by atoms with E-state index in [2.05, 4.69) is 48.4 Å². The fourth-order valence-electron chi connectivity index (χ4n) is 2.15. The molecule has 1 aromatic carbocycles. The summed E-state index contributed by atoms with van der Waals surface area (Å²) in [4.78, 5) is 4.14. The van der Waals surface area contributed by atoms with E-state index in [9.17, 15) is 0 Å². The summed E-state index contributed by atoms with van der Waals surface area (Å²) in [7, 11) is 0. The van der Waals surface area contributed by atoms with Crippen LogP contribution in [0.25, 0.3) is 11.1 Å². The van der Waals surface area contributed by atoms with E-state index in [1.165, 1.54) is 11.1 Å². The monoisotopic (exact) mass is 265 g/mol. The molecule has 102 valence electrons. The van der Waals surface area contributed by atoms with E-state index in [1.807, 2.05) is 12.3 Å². The highest BCUT2D eigenvalue weighted by Gasteiger charge is 2.05. The minimum Gasteiger partial charge on any atom is -0.313 e. The van der Waals surface area contributed by atoms with Crippen LogP contribution in [-0.4, -0.2) is 11.5 Å². The summed E-state index contributed by atoms with van der Waals surface area (Å²) in [6, 6.07) is 10.5. The first-order chi connectivity index (χ1) is 9.74. The number of aromatic nitrogens is 1. The molecule has 3 heteroatoms. The Morgan fingerprint density at radius 2 is 2.10 bits per heavy atom. The number of nitriles is 1. The Morgan fingerprint density at radius 1 is 1.25 bits per heavy atom. The van der Waals surface area contributed by atoms with Gasteiger partial charge in [0.1, 0.15) is 6.07 Å². The van der Waals surface area contributed by atoms with Gasteiger partial charge in [0, 0.05) is 24.5 Å². The lowest BCUT2D eigenvalue weighted by Gasteiger charge is -2.10. The van der Waals surface area contributed by atoms with Gasteiger partial charge in [-0.25, -0.2) is 0 Å². The van der Waals surface area contributed by atoms with Gasteiger partial charge in [-0.3, -0.25) is 4.98 Å². The van der Waals surface area contributed by atoms with Crippen LogP contribution in [0, 0.1) is 18.3 Å². The molecule has 1 N–H and O–H groups in total. The van der Waals surface area contributed by atoms with Crippen LogP contribution in [0.4, 0.5) is 0 Å². The Morgan fingerprint density at radius 3 is 2.85 bits per heavy atom. The lowest BCUT2D eigenvalue weighted by atomic mass is 9.98. The Balaban J connectivity index is 2.30. The third kappa shape index (κ3) is 3.43. The first-order valence-electron chi connectivity index (χ1n) is 6.90. The number of benzene rings is 1. The van der Waals surface area contributed by atoms with Crippen molar-refractivity contribution in [3.63, 3.8) is 0 Å². The Bertz CT molecular complexity index is 626. The molecule has 0 fully saturated rings. The maximum absolute atomic E-state index is 8.98. The molecule has 1 heterocycles. The van der Waals surface area contributed by atoms with E-state index in [1.54, 1.807) is 6.20 Å². The summed E-state index contributed by atoms with van der Waals surface area (Å²) in [5.74, 6) is 0. The van der Waals surface area contributed by atoms with Gasteiger partial charge in [0.15, 0.2) is 0 Å². The van der Waals surface area contributed by atoms with Gasteiger partial charge in [-0.2, -0.15) is 5.26 Å². The Hall–Kier alpha value is -2.18. The Labute approximate surface area is 120 Å². The average Bonchev–Trinajstić information content (AvgIpc) is 2.49. The zero-order valence-corrected chi connectivity index (χ0v) is 12.0. The van der Waals surface area contributed by atoms with Crippen LogP contribution in [0.3, 0.4) is 0 Å². The lowest BCUT2D eigenvalue weighted by Crippen LogP contribution is -2.13. The normalized spacial score (nSPS) is 10.2. The third-order valence-corrected chi connectivity index (χ3v) is 3.24. The summed E-state index contributed by atoms with van der Waals surface area (Å²) < 4.78 is 0. The molecule has 1 aromatic heterocycles. The number of aryl methyl sites for hydroxylation is 1. The predicted molar refractivity (Wildman–Crippen MR) is 81.1 cm³/mol. The van der Waals surface area contributed by atoms with Crippen molar-refractivity contribution in [2.45, 2.75) is 26.8 Å². The van der Waals surface area contributed by atoms with Crippen molar-refractivity contribution in [1.82, 2.24) is 10.3 Å². The SMILES string of the molecule is CCCNCc1ccc(C)c(-c2cncc(C#N)c2)c1. The van der Waals surface area contributed by atoms with Gasteiger partial charge in [-0.05, 0) is 48.7 Å². The van der Waals surface area contributed by atoms with E-state index in [0.29, 0.717) is 5.56 Å². The topological polar surface area (TPSA) is 48.7 Å². The maximum atomic E-state index is 8.98. The third-order valence-electron chi connectivity index (χ3n) is 3.24. The molecule has 0 spiro atoms. The number of nitrogens with one attached hydrogen (secondary N) is 1. The number of rotatable bonds is 5. The quantitative estimate of drug-likeness (QED) is 0.843. The number of hydrogen-bond acceptors (Lipinski definition) is 3. The molecular formula is C17H19N3. The number of nitrogens with zero attached hydrogens (tertiary/aromatic N) is 2. The molecular weight excluding hydrogens is 246 g/mol. The van der Waals surface area contributed by atoms with Crippen molar-refractivity contribution in [2.75, 3.05) is 6.54 Å². The van der Waals surface area contributed by atoms with Crippen LogP contribution < -0.4 is 5.32 Å². The lowest BCUT2D eigenvalue weighted by molar-refractivity contribution is 0.675. The van der Waals surface area contributed by atoms with E-state index in [-0.39, 0.29) is 0 Å². The molecule has 2 aromatic rings. The van der Waals surface area contributed by atoms with Crippen LogP contribution in [0.15, 0.2) is 36.7 Å². The smallest absolute Gasteiger partial charge is 0.101 e. The molecule has 0 aliphatic rings.